The van der Waals surface area contributed by atoms with E-state index in [9.17, 15) is 0 Å². The van der Waals surface area contributed by atoms with Crippen LogP contribution in [-0.4, -0.2) is 61.6 Å². The van der Waals surface area contributed by atoms with Crippen molar-refractivity contribution < 1.29 is 0 Å². The van der Waals surface area contributed by atoms with Crippen LogP contribution in [0.4, 0.5) is 0 Å². The molecule has 2 aliphatic rings. The molecule has 0 bridgehead atoms. The topological polar surface area (TPSA) is 30.9 Å². The number of likely N-dealkylation sites (tertiary alicyclic amines) is 1. The summed E-state index contributed by atoms with van der Waals surface area (Å²) in [6.07, 6.45) is 6.65. The number of likely N-dealkylation sites (N-methyl/N-ethyl adjacent to an activating group) is 2. The summed E-state index contributed by atoms with van der Waals surface area (Å²) in [6, 6.07) is 1.37. The molecule has 104 valence electrons. The van der Waals surface area contributed by atoms with Crippen molar-refractivity contribution in [3.63, 3.8) is 0 Å². The first-order valence-corrected chi connectivity index (χ1v) is 7.43. The molecule has 4 nitrogen and oxygen atoms in total. The molecule has 1 unspecified atom stereocenters. The third kappa shape index (κ3) is 3.16. The lowest BCUT2D eigenvalue weighted by Gasteiger charge is -2.34. The maximum atomic E-state index is 4.42. The molecule has 0 spiro atoms. The normalized spacial score (nSPS) is 26.2. The van der Waals surface area contributed by atoms with Crippen LogP contribution in [0, 0.1) is 0 Å². The number of hydrogen-bond donors (Lipinski definition) is 1. The maximum absolute atomic E-state index is 4.42. The largest absolute Gasteiger partial charge is 0.354 e. The van der Waals surface area contributed by atoms with E-state index < -0.39 is 0 Å². The van der Waals surface area contributed by atoms with Crippen LogP contribution in [0.25, 0.3) is 0 Å². The van der Waals surface area contributed by atoms with Gasteiger partial charge in [0.2, 0.25) is 0 Å². The lowest BCUT2D eigenvalue weighted by atomic mass is 9.93. The molecule has 0 amide bonds. The smallest absolute Gasteiger partial charge is 0.193 e. The summed E-state index contributed by atoms with van der Waals surface area (Å²) in [7, 11) is 4.06. The fourth-order valence-electron chi connectivity index (χ4n) is 3.00. The van der Waals surface area contributed by atoms with Gasteiger partial charge in [0.1, 0.15) is 0 Å². The van der Waals surface area contributed by atoms with E-state index in [0.717, 1.165) is 12.5 Å². The van der Waals surface area contributed by atoms with E-state index in [1.807, 2.05) is 7.05 Å². The first-order chi connectivity index (χ1) is 8.74. The van der Waals surface area contributed by atoms with E-state index in [1.54, 1.807) is 0 Å². The van der Waals surface area contributed by atoms with E-state index >= 15 is 0 Å². The van der Waals surface area contributed by atoms with Gasteiger partial charge in [-0.2, -0.15) is 0 Å². The van der Waals surface area contributed by atoms with Gasteiger partial charge in [-0.05, 0) is 45.2 Å². The predicted octanol–water partition coefficient (Wildman–Crippen LogP) is 1.53. The highest BCUT2D eigenvalue weighted by atomic mass is 15.3. The molecule has 1 aliphatic carbocycles. The van der Waals surface area contributed by atoms with E-state index in [-0.39, 0.29) is 0 Å². The minimum atomic E-state index is 0.664. The highest BCUT2D eigenvalue weighted by molar-refractivity contribution is 5.80. The fraction of sp³-hybridized carbons (Fsp3) is 0.929. The van der Waals surface area contributed by atoms with Crippen molar-refractivity contribution in [1.82, 2.24) is 15.1 Å². The van der Waals surface area contributed by atoms with Crippen molar-refractivity contribution in [2.45, 2.75) is 51.1 Å². The Morgan fingerprint density at radius 2 is 2.11 bits per heavy atom. The molecule has 0 aromatic rings. The summed E-state index contributed by atoms with van der Waals surface area (Å²) in [5.41, 5.74) is 0. The number of aliphatic imine (C=N–C) groups is 1. The second-order valence-electron chi connectivity index (χ2n) is 5.62. The number of nitrogens with one attached hydrogen (secondary N) is 1. The molecule has 0 aromatic carbocycles. The molecule has 0 aromatic heterocycles. The van der Waals surface area contributed by atoms with Gasteiger partial charge >= 0.3 is 0 Å². The summed E-state index contributed by atoms with van der Waals surface area (Å²) in [5, 5.41) is 3.57. The SMILES string of the molecule is CCN1CCCC1CN(C)C(=NC)NC1CCC1. The van der Waals surface area contributed by atoms with Crippen LogP contribution in [0.2, 0.25) is 0 Å². The van der Waals surface area contributed by atoms with Gasteiger partial charge in [-0.15, -0.1) is 0 Å². The average Bonchev–Trinajstić information content (AvgIpc) is 2.75. The van der Waals surface area contributed by atoms with E-state index in [2.05, 4.69) is 34.1 Å². The van der Waals surface area contributed by atoms with Crippen molar-refractivity contribution in [3.8, 4) is 0 Å². The highest BCUT2D eigenvalue weighted by Gasteiger charge is 2.26. The van der Waals surface area contributed by atoms with Gasteiger partial charge in [0, 0.05) is 32.7 Å². The zero-order chi connectivity index (χ0) is 13.0. The third-order valence-electron chi connectivity index (χ3n) is 4.40. The molecular weight excluding hydrogens is 224 g/mol. The Labute approximate surface area is 111 Å². The fourth-order valence-corrected chi connectivity index (χ4v) is 3.00. The van der Waals surface area contributed by atoms with Crippen LogP contribution >= 0.6 is 0 Å². The summed E-state index contributed by atoms with van der Waals surface area (Å²) in [5.74, 6) is 1.07. The molecular formula is C14H28N4. The Morgan fingerprint density at radius 1 is 1.33 bits per heavy atom. The van der Waals surface area contributed by atoms with Crippen LogP contribution in [0.1, 0.15) is 39.0 Å². The lowest BCUT2D eigenvalue weighted by molar-refractivity contribution is 0.230. The van der Waals surface area contributed by atoms with Crippen molar-refractivity contribution in [3.05, 3.63) is 0 Å². The van der Waals surface area contributed by atoms with Crippen molar-refractivity contribution >= 4 is 5.96 Å². The monoisotopic (exact) mass is 252 g/mol. The number of nitrogens with zero attached hydrogens (tertiary/aromatic N) is 3. The quantitative estimate of drug-likeness (QED) is 0.608. The van der Waals surface area contributed by atoms with Gasteiger partial charge in [0.25, 0.3) is 0 Å². The second-order valence-corrected chi connectivity index (χ2v) is 5.62. The van der Waals surface area contributed by atoms with Gasteiger partial charge in [-0.25, -0.2) is 0 Å². The molecule has 1 atom stereocenters. The molecule has 2 fully saturated rings. The maximum Gasteiger partial charge on any atom is 0.193 e. The van der Waals surface area contributed by atoms with Crippen LogP contribution in [0.15, 0.2) is 4.99 Å². The molecule has 0 radical (unpaired) electrons. The third-order valence-corrected chi connectivity index (χ3v) is 4.40. The Morgan fingerprint density at radius 3 is 2.67 bits per heavy atom. The predicted molar refractivity (Wildman–Crippen MR) is 77.0 cm³/mol. The zero-order valence-corrected chi connectivity index (χ0v) is 12.2. The standard InChI is InChI=1S/C14H28N4/c1-4-18-10-6-9-13(18)11-17(3)14(15-2)16-12-7-5-8-12/h12-13H,4-11H2,1-3H3,(H,15,16). The second kappa shape index (κ2) is 6.41. The first kappa shape index (κ1) is 13.7. The van der Waals surface area contributed by atoms with Gasteiger partial charge in [-0.3, -0.25) is 9.89 Å². The van der Waals surface area contributed by atoms with E-state index in [1.165, 1.54) is 45.2 Å². The van der Waals surface area contributed by atoms with Crippen LogP contribution in [0.3, 0.4) is 0 Å². The Hall–Kier alpha value is -0.770. The number of hydrogen-bond acceptors (Lipinski definition) is 2. The first-order valence-electron chi connectivity index (χ1n) is 7.43. The average molecular weight is 252 g/mol. The molecule has 4 heteroatoms. The summed E-state index contributed by atoms with van der Waals surface area (Å²) < 4.78 is 0. The van der Waals surface area contributed by atoms with Crippen LogP contribution in [0.5, 0.6) is 0 Å². The van der Waals surface area contributed by atoms with Gasteiger partial charge in [-0.1, -0.05) is 6.92 Å². The zero-order valence-electron chi connectivity index (χ0n) is 12.2. The molecule has 1 saturated heterocycles. The van der Waals surface area contributed by atoms with Crippen molar-refractivity contribution in [2.24, 2.45) is 4.99 Å². The molecule has 18 heavy (non-hydrogen) atoms. The highest BCUT2D eigenvalue weighted by Crippen LogP contribution is 2.19. The van der Waals surface area contributed by atoms with Crippen LogP contribution < -0.4 is 5.32 Å². The Kier molecular flexibility index (Phi) is 4.87. The number of guanidine groups is 1. The van der Waals surface area contributed by atoms with Crippen LogP contribution in [-0.2, 0) is 0 Å². The van der Waals surface area contributed by atoms with Crippen molar-refractivity contribution in [1.29, 1.82) is 0 Å². The van der Waals surface area contributed by atoms with E-state index in [0.29, 0.717) is 12.1 Å². The summed E-state index contributed by atoms with van der Waals surface area (Å²) >= 11 is 0. The summed E-state index contributed by atoms with van der Waals surface area (Å²) in [4.78, 5) is 9.31. The molecule has 2 rings (SSSR count). The summed E-state index contributed by atoms with van der Waals surface area (Å²) in [6.45, 7) is 5.80. The molecule has 1 heterocycles. The minimum Gasteiger partial charge on any atom is -0.354 e. The van der Waals surface area contributed by atoms with Crippen molar-refractivity contribution in [2.75, 3.05) is 33.7 Å². The number of rotatable bonds is 4. The Balaban J connectivity index is 1.82. The lowest BCUT2D eigenvalue weighted by Crippen LogP contribution is -2.50. The van der Waals surface area contributed by atoms with E-state index in [4.69, 9.17) is 0 Å². The molecule has 1 aliphatic heterocycles. The minimum absolute atomic E-state index is 0.664. The molecule has 1 N–H and O–H groups in total. The Bertz CT molecular complexity index is 286. The van der Waals surface area contributed by atoms with Gasteiger partial charge in [0.15, 0.2) is 5.96 Å². The molecule has 1 saturated carbocycles. The van der Waals surface area contributed by atoms with Gasteiger partial charge in [0.05, 0.1) is 0 Å². The van der Waals surface area contributed by atoms with Gasteiger partial charge < -0.3 is 10.2 Å².